The highest BCUT2D eigenvalue weighted by molar-refractivity contribution is 7.12. The average molecular weight is 372 g/mol. The molecule has 0 spiro atoms. The van der Waals surface area contributed by atoms with Crippen molar-refractivity contribution in [2.24, 2.45) is 5.10 Å². The fourth-order valence-corrected chi connectivity index (χ4v) is 2.82. The van der Waals surface area contributed by atoms with Crippen LogP contribution in [0.2, 0.25) is 0 Å². The van der Waals surface area contributed by atoms with Crippen LogP contribution in [0.25, 0.3) is 0 Å². The minimum atomic E-state index is -0.490. The summed E-state index contributed by atoms with van der Waals surface area (Å²) in [5.74, 6) is 0.941. The Balaban J connectivity index is 1.56. The standard InChI is InChI=1S/C19H17FN2O3S/c1-12-4-3-5-16(13(12)2)24-11-14-6-8-17(25-14)19(23)22-21-10-15-7-9-18(20)26-15/h3-10H,11H2,1-2H3,(H,22,23)/b21-10+. The van der Waals surface area contributed by atoms with Gasteiger partial charge in [-0.15, -0.1) is 11.3 Å². The lowest BCUT2D eigenvalue weighted by molar-refractivity contribution is 0.0923. The molecule has 2 heterocycles. The number of furan rings is 1. The molecule has 0 aliphatic rings. The molecule has 7 heteroatoms. The van der Waals surface area contributed by atoms with E-state index in [4.69, 9.17) is 9.15 Å². The second-order valence-corrected chi connectivity index (χ2v) is 6.66. The first-order chi connectivity index (χ1) is 12.5. The number of carbonyl (C=O) groups excluding carboxylic acids is 1. The summed E-state index contributed by atoms with van der Waals surface area (Å²) in [7, 11) is 0. The van der Waals surface area contributed by atoms with Gasteiger partial charge in [-0.2, -0.15) is 9.49 Å². The summed E-state index contributed by atoms with van der Waals surface area (Å²) in [6.07, 6.45) is 1.37. The maximum absolute atomic E-state index is 12.9. The Morgan fingerprint density at radius 2 is 2.12 bits per heavy atom. The summed E-state index contributed by atoms with van der Waals surface area (Å²) in [5.41, 5.74) is 4.55. The Labute approximate surface area is 154 Å². The van der Waals surface area contributed by atoms with Gasteiger partial charge in [-0.25, -0.2) is 5.43 Å². The molecule has 3 aromatic rings. The number of halogens is 1. The predicted octanol–water partition coefficient (Wildman–Crippen LogP) is 4.44. The van der Waals surface area contributed by atoms with Gasteiger partial charge in [0.25, 0.3) is 0 Å². The first-order valence-corrected chi connectivity index (χ1v) is 8.71. The zero-order chi connectivity index (χ0) is 18.5. The molecule has 0 unspecified atom stereocenters. The summed E-state index contributed by atoms with van der Waals surface area (Å²) in [4.78, 5) is 12.6. The summed E-state index contributed by atoms with van der Waals surface area (Å²) in [6, 6.07) is 12.0. The molecule has 26 heavy (non-hydrogen) atoms. The number of amides is 1. The van der Waals surface area contributed by atoms with Gasteiger partial charge < -0.3 is 9.15 Å². The van der Waals surface area contributed by atoms with E-state index in [1.807, 2.05) is 32.0 Å². The van der Waals surface area contributed by atoms with Crippen LogP contribution in [-0.4, -0.2) is 12.1 Å². The molecule has 0 saturated carbocycles. The number of hydrazone groups is 1. The third-order valence-corrected chi connectivity index (χ3v) is 4.57. The Hall–Kier alpha value is -2.93. The molecule has 0 bridgehead atoms. The van der Waals surface area contributed by atoms with Crippen LogP contribution >= 0.6 is 11.3 Å². The first kappa shape index (κ1) is 17.9. The lowest BCUT2D eigenvalue weighted by atomic mass is 10.1. The number of ether oxygens (including phenoxy) is 1. The molecule has 134 valence electrons. The second-order valence-electron chi connectivity index (χ2n) is 5.59. The quantitative estimate of drug-likeness (QED) is 0.514. The van der Waals surface area contributed by atoms with E-state index in [1.54, 1.807) is 18.2 Å². The number of hydrogen-bond donors (Lipinski definition) is 1. The molecular weight excluding hydrogens is 355 g/mol. The normalized spacial score (nSPS) is 11.0. The van der Waals surface area contributed by atoms with Crippen molar-refractivity contribution in [1.29, 1.82) is 0 Å². The van der Waals surface area contributed by atoms with Crippen molar-refractivity contribution in [3.8, 4) is 5.75 Å². The largest absolute Gasteiger partial charge is 0.485 e. The maximum atomic E-state index is 12.9. The van der Waals surface area contributed by atoms with Gasteiger partial charge in [-0.3, -0.25) is 4.79 Å². The summed E-state index contributed by atoms with van der Waals surface area (Å²) < 4.78 is 24.1. The summed E-state index contributed by atoms with van der Waals surface area (Å²) in [6.45, 7) is 4.22. The fourth-order valence-electron chi connectivity index (χ4n) is 2.21. The molecule has 3 rings (SSSR count). The third kappa shape index (κ3) is 4.37. The van der Waals surface area contributed by atoms with Crippen molar-refractivity contribution in [3.05, 3.63) is 75.1 Å². The molecule has 1 N–H and O–H groups in total. The number of nitrogens with zero attached hydrogens (tertiary/aromatic N) is 1. The average Bonchev–Trinajstić information content (AvgIpc) is 3.25. The van der Waals surface area contributed by atoms with Gasteiger partial charge in [0.2, 0.25) is 0 Å². The highest BCUT2D eigenvalue weighted by Gasteiger charge is 2.11. The lowest BCUT2D eigenvalue weighted by Crippen LogP contribution is -2.16. The Morgan fingerprint density at radius 3 is 2.88 bits per heavy atom. The molecule has 1 amide bonds. The van der Waals surface area contributed by atoms with E-state index in [-0.39, 0.29) is 17.5 Å². The van der Waals surface area contributed by atoms with Gasteiger partial charge in [-0.05, 0) is 55.3 Å². The number of nitrogens with one attached hydrogen (secondary N) is 1. The highest BCUT2D eigenvalue weighted by atomic mass is 32.1. The molecule has 0 fully saturated rings. The van der Waals surface area contributed by atoms with E-state index in [0.717, 1.165) is 28.2 Å². The van der Waals surface area contributed by atoms with Crippen molar-refractivity contribution in [2.75, 3.05) is 0 Å². The van der Waals surface area contributed by atoms with Crippen LogP contribution in [0.1, 0.15) is 32.3 Å². The topological polar surface area (TPSA) is 63.8 Å². The number of benzene rings is 1. The summed E-state index contributed by atoms with van der Waals surface area (Å²) >= 11 is 0.939. The zero-order valence-corrected chi connectivity index (χ0v) is 15.1. The van der Waals surface area contributed by atoms with Crippen molar-refractivity contribution in [3.63, 3.8) is 0 Å². The van der Waals surface area contributed by atoms with Gasteiger partial charge in [0, 0.05) is 0 Å². The van der Waals surface area contributed by atoms with Gasteiger partial charge in [0.15, 0.2) is 10.9 Å². The van der Waals surface area contributed by atoms with Crippen LogP contribution in [0.5, 0.6) is 5.75 Å². The van der Waals surface area contributed by atoms with Crippen molar-refractivity contribution >= 4 is 23.5 Å². The molecule has 2 aromatic heterocycles. The molecule has 5 nitrogen and oxygen atoms in total. The smallest absolute Gasteiger partial charge is 0.307 e. The van der Waals surface area contributed by atoms with Crippen LogP contribution in [0, 0.1) is 19.0 Å². The van der Waals surface area contributed by atoms with Crippen LogP contribution < -0.4 is 10.2 Å². The fraction of sp³-hybridized carbons (Fsp3) is 0.158. The molecular formula is C19H17FN2O3S. The number of thiophene rings is 1. The molecule has 0 atom stereocenters. The molecule has 0 aliphatic heterocycles. The Kier molecular flexibility index (Phi) is 5.48. The van der Waals surface area contributed by atoms with E-state index < -0.39 is 5.91 Å². The Bertz CT molecular complexity index is 946. The second kappa shape index (κ2) is 7.97. The van der Waals surface area contributed by atoms with Gasteiger partial charge >= 0.3 is 5.91 Å². The molecule has 0 saturated heterocycles. The first-order valence-electron chi connectivity index (χ1n) is 7.89. The SMILES string of the molecule is Cc1cccc(OCc2ccc(C(=O)N/N=C/c3ccc(F)s3)o2)c1C. The van der Waals surface area contributed by atoms with E-state index in [9.17, 15) is 9.18 Å². The minimum Gasteiger partial charge on any atom is -0.485 e. The molecule has 0 aliphatic carbocycles. The van der Waals surface area contributed by atoms with Crippen LogP contribution in [0.3, 0.4) is 0 Å². The van der Waals surface area contributed by atoms with E-state index >= 15 is 0 Å². The van der Waals surface area contributed by atoms with Crippen LogP contribution in [0.15, 0.2) is 52.0 Å². The van der Waals surface area contributed by atoms with Crippen molar-refractivity contribution < 1.29 is 18.3 Å². The van der Waals surface area contributed by atoms with E-state index in [2.05, 4.69) is 10.5 Å². The van der Waals surface area contributed by atoms with E-state index in [1.165, 1.54) is 12.3 Å². The number of carbonyl (C=O) groups is 1. The highest BCUT2D eigenvalue weighted by Crippen LogP contribution is 2.22. The van der Waals surface area contributed by atoms with Gasteiger partial charge in [0.05, 0.1) is 11.1 Å². The van der Waals surface area contributed by atoms with Crippen LogP contribution in [-0.2, 0) is 6.61 Å². The minimum absolute atomic E-state index is 0.124. The predicted molar refractivity (Wildman–Crippen MR) is 98.3 cm³/mol. The summed E-state index contributed by atoms with van der Waals surface area (Å²) in [5, 5.41) is 3.48. The Morgan fingerprint density at radius 1 is 1.27 bits per heavy atom. The monoisotopic (exact) mass is 372 g/mol. The maximum Gasteiger partial charge on any atom is 0.307 e. The number of aryl methyl sites for hydroxylation is 1. The number of rotatable bonds is 6. The van der Waals surface area contributed by atoms with E-state index in [0.29, 0.717) is 10.6 Å². The van der Waals surface area contributed by atoms with Crippen molar-refractivity contribution in [1.82, 2.24) is 5.43 Å². The van der Waals surface area contributed by atoms with Crippen molar-refractivity contribution in [2.45, 2.75) is 20.5 Å². The lowest BCUT2D eigenvalue weighted by Gasteiger charge is -2.09. The zero-order valence-electron chi connectivity index (χ0n) is 14.3. The molecule has 0 radical (unpaired) electrons. The van der Waals surface area contributed by atoms with Crippen LogP contribution in [0.4, 0.5) is 4.39 Å². The van der Waals surface area contributed by atoms with Gasteiger partial charge in [0.1, 0.15) is 18.1 Å². The van der Waals surface area contributed by atoms with Gasteiger partial charge in [-0.1, -0.05) is 12.1 Å². The third-order valence-electron chi connectivity index (χ3n) is 3.76. The molecule has 1 aromatic carbocycles. The number of hydrogen-bond acceptors (Lipinski definition) is 5.